The molecule has 0 saturated heterocycles. The van der Waals surface area contributed by atoms with Gasteiger partial charge in [0, 0.05) is 19.3 Å². The van der Waals surface area contributed by atoms with E-state index in [0.29, 0.717) is 19.3 Å². The summed E-state index contributed by atoms with van der Waals surface area (Å²) in [7, 11) is 0. The summed E-state index contributed by atoms with van der Waals surface area (Å²) >= 11 is 0. The van der Waals surface area contributed by atoms with Crippen LogP contribution in [-0.4, -0.2) is 37.2 Å². The smallest absolute Gasteiger partial charge is 0.306 e. The molecule has 410 valence electrons. The average Bonchev–Trinajstić information content (AvgIpc) is 3.38. The number of ether oxygens (including phenoxy) is 3. The summed E-state index contributed by atoms with van der Waals surface area (Å²) in [4.78, 5) is 37.8. The zero-order valence-corrected chi connectivity index (χ0v) is 46.9. The number of unbranched alkanes of at least 4 members (excludes halogenated alkanes) is 24. The molecule has 6 nitrogen and oxygen atoms in total. The van der Waals surface area contributed by atoms with E-state index >= 15 is 0 Å². The number of rotatable bonds is 53. The third-order valence-corrected chi connectivity index (χ3v) is 12.5. The van der Waals surface area contributed by atoms with Gasteiger partial charge in [-0.05, 0) is 89.9 Å². The van der Waals surface area contributed by atoms with Crippen molar-refractivity contribution < 1.29 is 28.6 Å². The molecule has 0 N–H and O–H groups in total. The number of hydrogen-bond acceptors (Lipinski definition) is 6. The van der Waals surface area contributed by atoms with Crippen molar-refractivity contribution in [1.82, 2.24) is 0 Å². The Bertz CT molecular complexity index is 1470. The normalized spacial score (nSPS) is 12.9. The Kier molecular flexibility index (Phi) is 56.4. The van der Waals surface area contributed by atoms with Gasteiger partial charge in [-0.2, -0.15) is 0 Å². The van der Waals surface area contributed by atoms with E-state index in [-0.39, 0.29) is 31.1 Å². The highest BCUT2D eigenvalue weighted by Gasteiger charge is 2.19. The second-order valence-electron chi connectivity index (χ2n) is 19.5. The Morgan fingerprint density at radius 3 is 0.847 bits per heavy atom. The first kappa shape index (κ1) is 68.1. The van der Waals surface area contributed by atoms with Crippen LogP contribution in [0.2, 0.25) is 0 Å². The van der Waals surface area contributed by atoms with E-state index < -0.39 is 6.10 Å². The molecule has 0 bridgehead atoms. The monoisotopic (exact) mass is 999 g/mol. The standard InChI is InChI=1S/C66H110O6/c1-4-7-10-13-15-17-19-21-23-25-27-28-29-30-31-32-33-34-35-36-37-38-39-41-42-44-46-48-50-53-56-59-65(68)71-62-63(61-70-64(67)58-55-52-12-9-6-3)72-66(69)60-57-54-51-49-47-45-43-40-26-24-22-20-18-16-14-11-8-5-2/h7,10,15,17,21,23,27-28,30-31,33-34,36-37,39,41,44,46,63H,4-6,8-9,11-14,16,18-20,22,24-26,29,32,35,38,40,42-43,45,47-62H2,1-3H3/b10-7-,17-15-,23-21-,28-27-,31-30-,34-33-,37-36-,41-39-,46-44-. The fraction of sp³-hybridized carbons (Fsp3) is 0.682. The Morgan fingerprint density at radius 2 is 0.542 bits per heavy atom. The Morgan fingerprint density at radius 1 is 0.292 bits per heavy atom. The Balaban J connectivity index is 4.16. The molecule has 72 heavy (non-hydrogen) atoms. The summed E-state index contributed by atoms with van der Waals surface area (Å²) in [5.41, 5.74) is 0. The lowest BCUT2D eigenvalue weighted by Crippen LogP contribution is -2.30. The summed E-state index contributed by atoms with van der Waals surface area (Å²) in [6, 6.07) is 0. The Hall–Kier alpha value is -3.93. The van der Waals surface area contributed by atoms with Crippen LogP contribution in [0.3, 0.4) is 0 Å². The van der Waals surface area contributed by atoms with Gasteiger partial charge in [-0.15, -0.1) is 0 Å². The summed E-state index contributed by atoms with van der Waals surface area (Å²) in [5, 5.41) is 0. The lowest BCUT2D eigenvalue weighted by atomic mass is 10.0. The number of hydrogen-bond donors (Lipinski definition) is 0. The molecule has 0 heterocycles. The zero-order chi connectivity index (χ0) is 52.2. The minimum absolute atomic E-state index is 0.0881. The quantitative estimate of drug-likeness (QED) is 0.0261. The van der Waals surface area contributed by atoms with Crippen molar-refractivity contribution in [3.05, 3.63) is 109 Å². The zero-order valence-electron chi connectivity index (χ0n) is 46.9. The number of carbonyl (C=O) groups excluding carboxylic acids is 3. The average molecular weight is 1000 g/mol. The lowest BCUT2D eigenvalue weighted by Gasteiger charge is -2.18. The summed E-state index contributed by atoms with van der Waals surface area (Å²) in [5.74, 6) is -0.932. The Labute approximate surface area is 444 Å². The predicted molar refractivity (Wildman–Crippen MR) is 311 cm³/mol. The van der Waals surface area contributed by atoms with Crippen molar-refractivity contribution in [2.75, 3.05) is 13.2 Å². The summed E-state index contributed by atoms with van der Waals surface area (Å²) < 4.78 is 16.7. The van der Waals surface area contributed by atoms with Gasteiger partial charge in [0.05, 0.1) is 0 Å². The molecule has 6 heteroatoms. The van der Waals surface area contributed by atoms with Gasteiger partial charge in [-0.1, -0.05) is 271 Å². The molecule has 0 spiro atoms. The largest absolute Gasteiger partial charge is 0.462 e. The molecular weight excluding hydrogens is 889 g/mol. The van der Waals surface area contributed by atoms with Gasteiger partial charge in [0.1, 0.15) is 13.2 Å². The second kappa shape index (κ2) is 59.6. The van der Waals surface area contributed by atoms with Crippen molar-refractivity contribution in [2.45, 2.75) is 277 Å². The van der Waals surface area contributed by atoms with Gasteiger partial charge >= 0.3 is 17.9 Å². The molecule has 0 aromatic heterocycles. The van der Waals surface area contributed by atoms with Gasteiger partial charge in [0.2, 0.25) is 0 Å². The van der Waals surface area contributed by atoms with Crippen LogP contribution in [0, 0.1) is 0 Å². The number of esters is 3. The van der Waals surface area contributed by atoms with Crippen LogP contribution >= 0.6 is 0 Å². The van der Waals surface area contributed by atoms with E-state index in [1.165, 1.54) is 103 Å². The van der Waals surface area contributed by atoms with Crippen LogP contribution in [0.1, 0.15) is 271 Å². The highest BCUT2D eigenvalue weighted by molar-refractivity contribution is 5.71. The topological polar surface area (TPSA) is 78.9 Å². The van der Waals surface area contributed by atoms with Crippen LogP contribution in [-0.2, 0) is 28.6 Å². The molecule has 0 fully saturated rings. The molecule has 0 aliphatic rings. The first-order valence-corrected chi connectivity index (χ1v) is 29.9. The number of allylic oxidation sites excluding steroid dienone is 18. The highest BCUT2D eigenvalue weighted by Crippen LogP contribution is 2.16. The van der Waals surface area contributed by atoms with E-state index in [1.807, 2.05) is 0 Å². The van der Waals surface area contributed by atoms with Gasteiger partial charge < -0.3 is 14.2 Å². The van der Waals surface area contributed by atoms with Crippen LogP contribution in [0.15, 0.2) is 109 Å². The van der Waals surface area contributed by atoms with Gasteiger partial charge in [0.25, 0.3) is 0 Å². The lowest BCUT2D eigenvalue weighted by molar-refractivity contribution is -0.167. The summed E-state index contributed by atoms with van der Waals surface area (Å²) in [6.07, 6.45) is 81.3. The van der Waals surface area contributed by atoms with E-state index in [2.05, 4.69) is 130 Å². The molecule has 0 aromatic carbocycles. The van der Waals surface area contributed by atoms with Gasteiger partial charge in [-0.3, -0.25) is 14.4 Å². The van der Waals surface area contributed by atoms with Crippen LogP contribution in [0.4, 0.5) is 0 Å². The SMILES string of the molecule is CC/C=C\C/C=C\C/C=C\C/C=C\C/C=C\C/C=C\C/C=C\C/C=C\C/C=C\CCCCCC(=O)OCC(COC(=O)CCCCCCC)OC(=O)CCCCCCCCCCCCCCCCCCCC. The van der Waals surface area contributed by atoms with Crippen LogP contribution in [0.25, 0.3) is 0 Å². The van der Waals surface area contributed by atoms with Gasteiger partial charge in [0.15, 0.2) is 6.10 Å². The molecule has 0 amide bonds. The highest BCUT2D eigenvalue weighted by atomic mass is 16.6. The maximum atomic E-state index is 12.8. The minimum atomic E-state index is -0.787. The molecule has 0 radical (unpaired) electrons. The van der Waals surface area contributed by atoms with E-state index in [0.717, 1.165) is 128 Å². The first-order chi connectivity index (χ1) is 35.5. The van der Waals surface area contributed by atoms with Gasteiger partial charge in [-0.25, -0.2) is 0 Å². The summed E-state index contributed by atoms with van der Waals surface area (Å²) in [6.45, 7) is 6.42. The number of carbonyl (C=O) groups is 3. The first-order valence-electron chi connectivity index (χ1n) is 29.9. The van der Waals surface area contributed by atoms with Crippen molar-refractivity contribution in [2.24, 2.45) is 0 Å². The maximum Gasteiger partial charge on any atom is 0.306 e. The van der Waals surface area contributed by atoms with Crippen LogP contribution in [0.5, 0.6) is 0 Å². The minimum Gasteiger partial charge on any atom is -0.462 e. The molecule has 1 atom stereocenters. The third kappa shape index (κ3) is 57.0. The maximum absolute atomic E-state index is 12.8. The molecule has 0 rings (SSSR count). The van der Waals surface area contributed by atoms with E-state index in [4.69, 9.17) is 14.2 Å². The van der Waals surface area contributed by atoms with E-state index in [1.54, 1.807) is 0 Å². The van der Waals surface area contributed by atoms with Crippen molar-refractivity contribution in [1.29, 1.82) is 0 Å². The third-order valence-electron chi connectivity index (χ3n) is 12.5. The van der Waals surface area contributed by atoms with Crippen molar-refractivity contribution >= 4 is 17.9 Å². The predicted octanol–water partition coefficient (Wildman–Crippen LogP) is 20.3. The van der Waals surface area contributed by atoms with Crippen molar-refractivity contribution in [3.8, 4) is 0 Å². The fourth-order valence-electron chi connectivity index (χ4n) is 8.08. The van der Waals surface area contributed by atoms with E-state index in [9.17, 15) is 14.4 Å². The van der Waals surface area contributed by atoms with Crippen LogP contribution < -0.4 is 0 Å². The van der Waals surface area contributed by atoms with Crippen molar-refractivity contribution in [3.63, 3.8) is 0 Å². The molecule has 1 unspecified atom stereocenters. The molecule has 0 aliphatic heterocycles. The molecule has 0 saturated carbocycles. The molecule has 0 aromatic rings. The molecular formula is C66H110O6. The molecule has 0 aliphatic carbocycles. The fourth-order valence-corrected chi connectivity index (χ4v) is 8.08. The second-order valence-corrected chi connectivity index (χ2v) is 19.5.